The van der Waals surface area contributed by atoms with Crippen LogP contribution in [0.2, 0.25) is 0 Å². The summed E-state index contributed by atoms with van der Waals surface area (Å²) in [4.78, 5) is 15.5. The van der Waals surface area contributed by atoms with Crippen LogP contribution in [0, 0.1) is 5.92 Å². The third-order valence-corrected chi connectivity index (χ3v) is 7.53. The molecule has 32 heavy (non-hydrogen) atoms. The predicted octanol–water partition coefficient (Wildman–Crippen LogP) is 5.25. The van der Waals surface area contributed by atoms with Crippen molar-refractivity contribution in [1.29, 1.82) is 0 Å². The van der Waals surface area contributed by atoms with Crippen LogP contribution in [0.25, 0.3) is 11.6 Å². The van der Waals surface area contributed by atoms with Crippen molar-refractivity contribution in [2.24, 2.45) is 5.92 Å². The van der Waals surface area contributed by atoms with Gasteiger partial charge in [0.1, 0.15) is 0 Å². The minimum atomic E-state index is 0.242. The van der Waals surface area contributed by atoms with Crippen LogP contribution in [-0.2, 0) is 11.3 Å². The van der Waals surface area contributed by atoms with Gasteiger partial charge in [0.15, 0.2) is 10.9 Å². The van der Waals surface area contributed by atoms with Gasteiger partial charge in [-0.1, -0.05) is 49.0 Å². The standard InChI is InChI=1S/C25H30N4O2S/c1-18-9-11-20(12-10-18)29(21-13-14-21)23(30)17-32-25-27-26-24(22-8-5-15-31-22)28(25)16-19-6-3-2-4-7-19/h2-8,15,18,20-21H,9-14,16-17H2,1H3. The van der Waals surface area contributed by atoms with Gasteiger partial charge in [0.2, 0.25) is 11.7 Å². The molecule has 168 valence electrons. The number of nitrogens with zero attached hydrogens (tertiary/aromatic N) is 4. The van der Waals surface area contributed by atoms with Crippen LogP contribution in [0.3, 0.4) is 0 Å². The largest absolute Gasteiger partial charge is 0.461 e. The second-order valence-electron chi connectivity index (χ2n) is 9.09. The van der Waals surface area contributed by atoms with Crippen LogP contribution in [0.4, 0.5) is 0 Å². The molecule has 0 N–H and O–H groups in total. The van der Waals surface area contributed by atoms with Crippen LogP contribution in [0.1, 0.15) is 51.0 Å². The Morgan fingerprint density at radius 2 is 1.75 bits per heavy atom. The lowest BCUT2D eigenvalue weighted by Gasteiger charge is -2.36. The molecule has 0 spiro atoms. The number of aromatic nitrogens is 3. The molecule has 2 heterocycles. The van der Waals surface area contributed by atoms with Gasteiger partial charge in [-0.15, -0.1) is 10.2 Å². The van der Waals surface area contributed by atoms with Crippen molar-refractivity contribution in [3.8, 4) is 11.6 Å². The smallest absolute Gasteiger partial charge is 0.233 e. The SMILES string of the molecule is CC1CCC(N(C(=O)CSc2nnc(-c3ccco3)n2Cc2ccccc2)C2CC2)CC1. The van der Waals surface area contributed by atoms with Crippen molar-refractivity contribution in [3.05, 3.63) is 54.3 Å². The minimum Gasteiger partial charge on any atom is -0.461 e. The summed E-state index contributed by atoms with van der Waals surface area (Å²) in [6.45, 7) is 2.96. The third kappa shape index (κ3) is 4.77. The first kappa shape index (κ1) is 21.3. The Bertz CT molecular complexity index is 1020. The van der Waals surface area contributed by atoms with Gasteiger partial charge in [0.05, 0.1) is 18.6 Å². The van der Waals surface area contributed by atoms with Crippen molar-refractivity contribution >= 4 is 17.7 Å². The van der Waals surface area contributed by atoms with Gasteiger partial charge in [-0.05, 0) is 62.1 Å². The van der Waals surface area contributed by atoms with E-state index in [1.165, 1.54) is 24.6 Å². The molecule has 0 atom stereocenters. The van der Waals surface area contributed by atoms with E-state index >= 15 is 0 Å². The maximum Gasteiger partial charge on any atom is 0.233 e. The molecular weight excluding hydrogens is 420 g/mol. The van der Waals surface area contributed by atoms with Gasteiger partial charge in [-0.3, -0.25) is 9.36 Å². The normalized spacial score (nSPS) is 20.9. The fourth-order valence-corrected chi connectivity index (χ4v) is 5.48. The Morgan fingerprint density at radius 3 is 2.41 bits per heavy atom. The molecule has 0 bridgehead atoms. The van der Waals surface area contributed by atoms with Crippen LogP contribution < -0.4 is 0 Å². The first-order chi connectivity index (χ1) is 15.7. The molecule has 3 aromatic rings. The summed E-state index contributed by atoms with van der Waals surface area (Å²) in [6.07, 6.45) is 8.68. The molecule has 6 nitrogen and oxygen atoms in total. The molecule has 2 aromatic heterocycles. The zero-order valence-corrected chi connectivity index (χ0v) is 19.3. The van der Waals surface area contributed by atoms with Crippen molar-refractivity contribution in [1.82, 2.24) is 19.7 Å². The van der Waals surface area contributed by atoms with E-state index in [9.17, 15) is 4.79 Å². The van der Waals surface area contributed by atoms with E-state index in [0.717, 1.165) is 42.3 Å². The first-order valence-corrected chi connectivity index (χ1v) is 12.6. The molecule has 5 rings (SSSR count). The second-order valence-corrected chi connectivity index (χ2v) is 10.0. The Morgan fingerprint density at radius 1 is 1.03 bits per heavy atom. The number of thioether (sulfide) groups is 1. The van der Waals surface area contributed by atoms with Gasteiger partial charge in [0, 0.05) is 12.1 Å². The molecule has 1 aromatic carbocycles. The van der Waals surface area contributed by atoms with E-state index in [2.05, 4.69) is 38.7 Å². The predicted molar refractivity (Wildman–Crippen MR) is 125 cm³/mol. The summed E-state index contributed by atoms with van der Waals surface area (Å²) >= 11 is 1.49. The van der Waals surface area contributed by atoms with Gasteiger partial charge in [-0.2, -0.15) is 0 Å². The van der Waals surface area contributed by atoms with Gasteiger partial charge in [-0.25, -0.2) is 0 Å². The Kier molecular flexibility index (Phi) is 6.35. The number of benzene rings is 1. The Balaban J connectivity index is 1.33. The van der Waals surface area contributed by atoms with E-state index < -0.39 is 0 Å². The highest BCUT2D eigenvalue weighted by Crippen LogP contribution is 2.36. The van der Waals surface area contributed by atoms with Crippen LogP contribution >= 0.6 is 11.8 Å². The first-order valence-electron chi connectivity index (χ1n) is 11.6. The third-order valence-electron chi connectivity index (χ3n) is 6.57. The van der Waals surface area contributed by atoms with E-state index in [0.29, 0.717) is 36.0 Å². The number of hydrogen-bond acceptors (Lipinski definition) is 5. The summed E-state index contributed by atoms with van der Waals surface area (Å²) in [5.41, 5.74) is 1.16. The van der Waals surface area contributed by atoms with Gasteiger partial charge in [0.25, 0.3) is 0 Å². The monoisotopic (exact) mass is 450 g/mol. The molecule has 2 fully saturated rings. The summed E-state index contributed by atoms with van der Waals surface area (Å²) in [7, 11) is 0. The molecule has 2 aliphatic carbocycles. The number of amides is 1. The molecule has 2 aliphatic rings. The molecule has 0 saturated heterocycles. The van der Waals surface area contributed by atoms with Crippen molar-refractivity contribution in [2.75, 3.05) is 5.75 Å². The highest BCUT2D eigenvalue weighted by atomic mass is 32.2. The van der Waals surface area contributed by atoms with Crippen molar-refractivity contribution in [2.45, 2.75) is 69.2 Å². The van der Waals surface area contributed by atoms with Gasteiger partial charge >= 0.3 is 0 Å². The molecule has 0 unspecified atom stereocenters. The fraction of sp³-hybridized carbons (Fsp3) is 0.480. The van der Waals surface area contributed by atoms with E-state index in [1.807, 2.05) is 30.3 Å². The Hall–Kier alpha value is -2.54. The molecular formula is C25H30N4O2S. The van der Waals surface area contributed by atoms with Crippen LogP contribution in [0.15, 0.2) is 58.3 Å². The number of carbonyl (C=O) groups excluding carboxylic acids is 1. The van der Waals surface area contributed by atoms with E-state index in [-0.39, 0.29) is 5.91 Å². The lowest BCUT2D eigenvalue weighted by atomic mass is 9.86. The summed E-state index contributed by atoms with van der Waals surface area (Å²) in [6, 6.07) is 14.8. The molecule has 7 heteroatoms. The topological polar surface area (TPSA) is 64.2 Å². The van der Waals surface area contributed by atoms with E-state index in [1.54, 1.807) is 6.26 Å². The lowest BCUT2D eigenvalue weighted by Crippen LogP contribution is -2.44. The maximum absolute atomic E-state index is 13.3. The highest BCUT2D eigenvalue weighted by molar-refractivity contribution is 7.99. The maximum atomic E-state index is 13.3. The molecule has 0 aliphatic heterocycles. The fourth-order valence-electron chi connectivity index (χ4n) is 4.67. The average molecular weight is 451 g/mol. The highest BCUT2D eigenvalue weighted by Gasteiger charge is 2.38. The minimum absolute atomic E-state index is 0.242. The van der Waals surface area contributed by atoms with Crippen LogP contribution in [-0.4, -0.2) is 43.4 Å². The summed E-state index contributed by atoms with van der Waals surface area (Å²) in [5, 5.41) is 9.58. The van der Waals surface area contributed by atoms with Crippen LogP contribution in [0.5, 0.6) is 0 Å². The number of rotatable bonds is 8. The summed E-state index contributed by atoms with van der Waals surface area (Å²) in [5.74, 6) is 2.80. The molecule has 1 amide bonds. The quantitative estimate of drug-likeness (QED) is 0.439. The number of hydrogen-bond donors (Lipinski definition) is 0. The number of carbonyl (C=O) groups is 1. The number of furan rings is 1. The average Bonchev–Trinajstić information content (AvgIpc) is 3.33. The molecule has 2 saturated carbocycles. The second kappa shape index (κ2) is 9.53. The van der Waals surface area contributed by atoms with E-state index in [4.69, 9.17) is 4.42 Å². The zero-order chi connectivity index (χ0) is 21.9. The Labute approximate surface area is 193 Å². The van der Waals surface area contributed by atoms with Crippen molar-refractivity contribution in [3.63, 3.8) is 0 Å². The zero-order valence-electron chi connectivity index (χ0n) is 18.5. The summed E-state index contributed by atoms with van der Waals surface area (Å²) < 4.78 is 7.65. The van der Waals surface area contributed by atoms with Gasteiger partial charge < -0.3 is 9.32 Å². The van der Waals surface area contributed by atoms with Crippen molar-refractivity contribution < 1.29 is 9.21 Å². The molecule has 0 radical (unpaired) electrons. The lowest BCUT2D eigenvalue weighted by molar-refractivity contribution is -0.132.